The van der Waals surface area contributed by atoms with Gasteiger partial charge >= 0.3 is 0 Å². The molecule has 0 saturated heterocycles. The van der Waals surface area contributed by atoms with Crippen LogP contribution in [0.4, 0.5) is 0 Å². The van der Waals surface area contributed by atoms with Gasteiger partial charge in [0, 0.05) is 10.8 Å². The average molecular weight is 621 g/mol. The SMILES string of the molecule is C=C(C)C(CCc1ccc(CCC)c(CC)c1C)c1cc(C)c(S)cc1CC.C=C(C)C1CCCCC1.C=CC.CC.CC. The molecule has 0 aliphatic heterocycles. The molecule has 1 heteroatoms. The van der Waals surface area contributed by atoms with Gasteiger partial charge in [-0.1, -0.05) is 123 Å². The van der Waals surface area contributed by atoms with Crippen molar-refractivity contribution >= 4 is 12.6 Å². The van der Waals surface area contributed by atoms with Gasteiger partial charge in [0.1, 0.15) is 0 Å². The van der Waals surface area contributed by atoms with Crippen molar-refractivity contribution in [1.82, 2.24) is 0 Å². The van der Waals surface area contributed by atoms with Gasteiger partial charge < -0.3 is 0 Å². The molecule has 0 bridgehead atoms. The first kappa shape index (κ1) is 44.1. The Kier molecular flexibility index (Phi) is 26.3. The fraction of sp³-hybridized carbons (Fsp3) is 0.581. The first-order chi connectivity index (χ1) is 21.1. The van der Waals surface area contributed by atoms with Gasteiger partial charge in [0.05, 0.1) is 0 Å². The normalized spacial score (nSPS) is 12.8. The predicted molar refractivity (Wildman–Crippen MR) is 208 cm³/mol. The lowest BCUT2D eigenvalue weighted by atomic mass is 9.82. The van der Waals surface area contributed by atoms with E-state index in [0.29, 0.717) is 5.92 Å². The van der Waals surface area contributed by atoms with Crippen molar-refractivity contribution in [1.29, 1.82) is 0 Å². The highest BCUT2D eigenvalue weighted by molar-refractivity contribution is 7.80. The summed E-state index contributed by atoms with van der Waals surface area (Å²) >= 11 is 4.64. The molecule has 0 amide bonds. The first-order valence-corrected chi connectivity index (χ1v) is 18.3. The van der Waals surface area contributed by atoms with Gasteiger partial charge in [0.25, 0.3) is 0 Å². The van der Waals surface area contributed by atoms with Crippen molar-refractivity contribution < 1.29 is 0 Å². The Morgan fingerprint density at radius 2 is 1.41 bits per heavy atom. The largest absolute Gasteiger partial charge is 0.143 e. The molecule has 3 rings (SSSR count). The molecule has 1 fully saturated rings. The van der Waals surface area contributed by atoms with Gasteiger partial charge in [-0.2, -0.15) is 0 Å². The molecule has 0 nitrogen and oxygen atoms in total. The van der Waals surface area contributed by atoms with E-state index in [1.807, 2.05) is 34.6 Å². The number of rotatable bonds is 10. The molecule has 2 aromatic carbocycles. The maximum absolute atomic E-state index is 4.64. The molecule has 1 aliphatic carbocycles. The van der Waals surface area contributed by atoms with Gasteiger partial charge in [-0.15, -0.1) is 19.2 Å². The zero-order valence-electron chi connectivity index (χ0n) is 31.4. The molecule has 0 spiro atoms. The summed E-state index contributed by atoms with van der Waals surface area (Å²) in [6.45, 7) is 37.2. The molecule has 1 atom stereocenters. The van der Waals surface area contributed by atoms with Gasteiger partial charge in [0.15, 0.2) is 0 Å². The van der Waals surface area contributed by atoms with Crippen LogP contribution in [0.5, 0.6) is 0 Å². The Labute approximate surface area is 282 Å². The van der Waals surface area contributed by atoms with Crippen LogP contribution in [0.2, 0.25) is 0 Å². The topological polar surface area (TPSA) is 0 Å². The minimum atomic E-state index is 0.405. The molecular formula is C43H72S. The summed E-state index contributed by atoms with van der Waals surface area (Å²) in [5, 5.41) is 0. The van der Waals surface area contributed by atoms with E-state index in [1.54, 1.807) is 11.6 Å². The Bertz CT molecular complexity index is 1080. The number of hydrogen-bond donors (Lipinski definition) is 1. The number of hydrogen-bond acceptors (Lipinski definition) is 1. The Hall–Kier alpha value is -1.99. The molecule has 0 aromatic heterocycles. The van der Waals surface area contributed by atoms with E-state index in [-0.39, 0.29) is 0 Å². The fourth-order valence-electron chi connectivity index (χ4n) is 6.08. The van der Waals surface area contributed by atoms with Crippen molar-refractivity contribution in [2.45, 2.75) is 165 Å². The van der Waals surface area contributed by atoms with Crippen LogP contribution < -0.4 is 0 Å². The predicted octanol–water partition coefficient (Wildman–Crippen LogP) is 14.3. The van der Waals surface area contributed by atoms with E-state index in [4.69, 9.17) is 0 Å². The summed E-state index contributed by atoms with van der Waals surface area (Å²) in [6, 6.07) is 9.34. The third kappa shape index (κ3) is 15.3. The van der Waals surface area contributed by atoms with E-state index in [2.05, 4.69) is 105 Å². The molecule has 0 radical (unpaired) electrons. The maximum atomic E-state index is 4.64. The smallest absolute Gasteiger partial charge is 0.00721 e. The average Bonchev–Trinajstić information content (AvgIpc) is 3.03. The van der Waals surface area contributed by atoms with Gasteiger partial charge in [-0.3, -0.25) is 0 Å². The van der Waals surface area contributed by atoms with Gasteiger partial charge in [0.2, 0.25) is 0 Å². The van der Waals surface area contributed by atoms with E-state index < -0.39 is 0 Å². The Morgan fingerprint density at radius 1 is 0.864 bits per heavy atom. The molecule has 0 N–H and O–H groups in total. The monoisotopic (exact) mass is 621 g/mol. The van der Waals surface area contributed by atoms with Crippen molar-refractivity contribution in [3.05, 3.63) is 100 Å². The fourth-order valence-corrected chi connectivity index (χ4v) is 6.30. The summed E-state index contributed by atoms with van der Waals surface area (Å²) in [5.74, 6) is 1.26. The second kappa shape index (κ2) is 26.2. The second-order valence-electron chi connectivity index (χ2n) is 11.8. The molecule has 2 aromatic rings. The van der Waals surface area contributed by atoms with E-state index in [1.165, 1.54) is 89.5 Å². The van der Waals surface area contributed by atoms with Crippen LogP contribution in [0.1, 0.15) is 159 Å². The lowest BCUT2D eigenvalue weighted by Gasteiger charge is -2.23. The highest BCUT2D eigenvalue weighted by atomic mass is 32.1. The minimum Gasteiger partial charge on any atom is -0.143 e. The highest BCUT2D eigenvalue weighted by Crippen LogP contribution is 2.34. The summed E-state index contributed by atoms with van der Waals surface area (Å²) < 4.78 is 0. The third-order valence-corrected chi connectivity index (χ3v) is 8.98. The molecule has 0 heterocycles. The second-order valence-corrected chi connectivity index (χ2v) is 12.3. The quantitative estimate of drug-likeness (QED) is 0.198. The van der Waals surface area contributed by atoms with Crippen molar-refractivity contribution in [3.8, 4) is 0 Å². The summed E-state index contributed by atoms with van der Waals surface area (Å²) in [6.07, 6.45) is 15.6. The van der Waals surface area contributed by atoms with Gasteiger partial charge in [-0.05, 0) is 130 Å². The van der Waals surface area contributed by atoms with Crippen LogP contribution in [0.25, 0.3) is 0 Å². The van der Waals surface area contributed by atoms with Crippen molar-refractivity contribution in [2.24, 2.45) is 5.92 Å². The molecule has 1 unspecified atom stereocenters. The highest BCUT2D eigenvalue weighted by Gasteiger charge is 2.18. The first-order valence-electron chi connectivity index (χ1n) is 17.9. The van der Waals surface area contributed by atoms with Crippen molar-refractivity contribution in [3.63, 3.8) is 0 Å². The maximum Gasteiger partial charge on any atom is 0.00721 e. The summed E-state index contributed by atoms with van der Waals surface area (Å²) in [7, 11) is 0. The third-order valence-electron chi connectivity index (χ3n) is 8.49. The van der Waals surface area contributed by atoms with Crippen LogP contribution in [-0.2, 0) is 25.7 Å². The van der Waals surface area contributed by atoms with Crippen LogP contribution in [0, 0.1) is 19.8 Å². The minimum absolute atomic E-state index is 0.405. The standard InChI is InChI=1S/C27H38S.C9H16.C3H6.2C2H6/c1-8-11-23-13-12-22(20(7)24(23)10-3)14-15-25(18(4)5)26-16-19(6)27(28)17-21(26)9-2;1-8(2)9-6-4-3-5-7-9;1-3-2;2*1-2/h12-13,16-17,25,28H,4,8-11,14-15H2,1-3,5-7H3;9H,1,3-7H2,2H3;3H,1H2,2H3;2*1-2H3. The molecule has 250 valence electrons. The molecule has 1 saturated carbocycles. The van der Waals surface area contributed by atoms with E-state index in [0.717, 1.165) is 36.5 Å². The number of thiol groups is 1. The lowest BCUT2D eigenvalue weighted by molar-refractivity contribution is 0.404. The molecular weight excluding hydrogens is 549 g/mol. The molecule has 44 heavy (non-hydrogen) atoms. The zero-order chi connectivity index (χ0) is 34.2. The Balaban J connectivity index is 0. The van der Waals surface area contributed by atoms with Crippen LogP contribution >= 0.6 is 12.6 Å². The van der Waals surface area contributed by atoms with Crippen LogP contribution in [0.3, 0.4) is 0 Å². The number of aryl methyl sites for hydroxylation is 4. The number of benzene rings is 2. The summed E-state index contributed by atoms with van der Waals surface area (Å²) in [4.78, 5) is 1.09. The van der Waals surface area contributed by atoms with Crippen molar-refractivity contribution in [2.75, 3.05) is 0 Å². The summed E-state index contributed by atoms with van der Waals surface area (Å²) in [5.41, 5.74) is 12.9. The van der Waals surface area contributed by atoms with E-state index in [9.17, 15) is 0 Å². The van der Waals surface area contributed by atoms with Crippen LogP contribution in [-0.4, -0.2) is 0 Å². The number of allylic oxidation sites excluding steroid dienone is 3. The molecule has 1 aliphatic rings. The van der Waals surface area contributed by atoms with Crippen LogP contribution in [0.15, 0.2) is 66.1 Å². The lowest BCUT2D eigenvalue weighted by Crippen LogP contribution is -2.08. The van der Waals surface area contributed by atoms with Gasteiger partial charge in [-0.25, -0.2) is 0 Å². The van der Waals surface area contributed by atoms with E-state index >= 15 is 0 Å². The Morgan fingerprint density at radius 3 is 1.84 bits per heavy atom. The zero-order valence-corrected chi connectivity index (χ0v) is 32.3.